The van der Waals surface area contributed by atoms with Gasteiger partial charge in [0.1, 0.15) is 0 Å². The molecule has 0 N–H and O–H groups in total. The smallest absolute Gasteiger partial charge is 0.222 e. The molecule has 1 aromatic heterocycles. The van der Waals surface area contributed by atoms with E-state index < -0.39 is 0 Å². The van der Waals surface area contributed by atoms with Crippen LogP contribution in [0.1, 0.15) is 41.5 Å². The SMILES string of the molecule is C=CCCC(=O)N1CCC[C@H](c2ncc(C)s2)C1. The molecule has 18 heavy (non-hydrogen) atoms. The highest BCUT2D eigenvalue weighted by atomic mass is 32.1. The molecular weight excluding hydrogens is 244 g/mol. The molecular formula is C14H20N2OS. The number of amides is 1. The molecule has 1 amide bonds. The molecule has 0 aromatic carbocycles. The van der Waals surface area contributed by atoms with Gasteiger partial charge in [-0.3, -0.25) is 4.79 Å². The molecule has 3 nitrogen and oxygen atoms in total. The summed E-state index contributed by atoms with van der Waals surface area (Å²) >= 11 is 1.76. The number of likely N-dealkylation sites (tertiary alicyclic amines) is 1. The van der Waals surface area contributed by atoms with E-state index in [1.807, 2.05) is 17.2 Å². The van der Waals surface area contributed by atoms with E-state index in [4.69, 9.17) is 0 Å². The first kappa shape index (κ1) is 13.3. The van der Waals surface area contributed by atoms with E-state index >= 15 is 0 Å². The van der Waals surface area contributed by atoms with Crippen LogP contribution in [0.3, 0.4) is 0 Å². The molecule has 0 unspecified atom stereocenters. The van der Waals surface area contributed by atoms with Crippen molar-refractivity contribution in [3.8, 4) is 0 Å². The first-order chi connectivity index (χ1) is 8.70. The van der Waals surface area contributed by atoms with Crippen LogP contribution >= 0.6 is 11.3 Å². The van der Waals surface area contributed by atoms with Gasteiger partial charge in [-0.2, -0.15) is 0 Å². The maximum atomic E-state index is 12.0. The highest BCUT2D eigenvalue weighted by Gasteiger charge is 2.25. The predicted molar refractivity (Wildman–Crippen MR) is 74.8 cm³/mol. The van der Waals surface area contributed by atoms with Crippen LogP contribution in [-0.2, 0) is 4.79 Å². The minimum Gasteiger partial charge on any atom is -0.342 e. The lowest BCUT2D eigenvalue weighted by Crippen LogP contribution is -2.38. The molecule has 0 saturated carbocycles. The minimum absolute atomic E-state index is 0.257. The molecule has 98 valence electrons. The lowest BCUT2D eigenvalue weighted by Gasteiger charge is -2.31. The Hall–Kier alpha value is -1.16. The minimum atomic E-state index is 0.257. The Balaban J connectivity index is 1.96. The Morgan fingerprint density at radius 2 is 2.56 bits per heavy atom. The van der Waals surface area contributed by atoms with Gasteiger partial charge in [0.15, 0.2) is 0 Å². The fourth-order valence-electron chi connectivity index (χ4n) is 2.35. The topological polar surface area (TPSA) is 33.2 Å². The van der Waals surface area contributed by atoms with Crippen LogP contribution in [0, 0.1) is 6.92 Å². The lowest BCUT2D eigenvalue weighted by molar-refractivity contribution is -0.132. The van der Waals surface area contributed by atoms with Gasteiger partial charge in [-0.15, -0.1) is 17.9 Å². The van der Waals surface area contributed by atoms with E-state index in [1.54, 1.807) is 11.3 Å². The summed E-state index contributed by atoms with van der Waals surface area (Å²) in [5.41, 5.74) is 0. The molecule has 4 heteroatoms. The Kier molecular flexibility index (Phi) is 4.53. The maximum absolute atomic E-state index is 12.0. The molecule has 1 saturated heterocycles. The molecule has 2 rings (SSSR count). The van der Waals surface area contributed by atoms with Crippen molar-refractivity contribution in [3.05, 3.63) is 28.7 Å². The van der Waals surface area contributed by atoms with Crippen molar-refractivity contribution >= 4 is 17.2 Å². The van der Waals surface area contributed by atoms with E-state index in [0.717, 1.165) is 32.4 Å². The van der Waals surface area contributed by atoms with E-state index in [9.17, 15) is 4.79 Å². The number of allylic oxidation sites excluding steroid dienone is 1. The van der Waals surface area contributed by atoms with Crippen molar-refractivity contribution < 1.29 is 4.79 Å². The monoisotopic (exact) mass is 264 g/mol. The predicted octanol–water partition coefficient (Wildman–Crippen LogP) is 3.12. The van der Waals surface area contributed by atoms with Crippen molar-refractivity contribution in [1.29, 1.82) is 0 Å². The molecule has 1 fully saturated rings. The number of carbonyl (C=O) groups excluding carboxylic acids is 1. The lowest BCUT2D eigenvalue weighted by atomic mass is 9.98. The van der Waals surface area contributed by atoms with Crippen LogP contribution in [0.4, 0.5) is 0 Å². The van der Waals surface area contributed by atoms with Crippen molar-refractivity contribution in [2.45, 2.75) is 38.5 Å². The van der Waals surface area contributed by atoms with Crippen molar-refractivity contribution in [2.75, 3.05) is 13.1 Å². The van der Waals surface area contributed by atoms with Crippen LogP contribution in [0.15, 0.2) is 18.9 Å². The average molecular weight is 264 g/mol. The fraction of sp³-hybridized carbons (Fsp3) is 0.571. The maximum Gasteiger partial charge on any atom is 0.222 e. The van der Waals surface area contributed by atoms with Gasteiger partial charge in [-0.1, -0.05) is 6.08 Å². The number of nitrogens with zero attached hydrogens (tertiary/aromatic N) is 2. The van der Waals surface area contributed by atoms with Crippen LogP contribution in [0.5, 0.6) is 0 Å². The van der Waals surface area contributed by atoms with Crippen molar-refractivity contribution in [3.63, 3.8) is 0 Å². The highest BCUT2D eigenvalue weighted by Crippen LogP contribution is 2.29. The zero-order valence-electron chi connectivity index (χ0n) is 10.9. The largest absolute Gasteiger partial charge is 0.342 e. The molecule has 1 aromatic rings. The summed E-state index contributed by atoms with van der Waals surface area (Å²) in [6.45, 7) is 7.48. The average Bonchev–Trinajstić information content (AvgIpc) is 2.83. The number of hydrogen-bond acceptors (Lipinski definition) is 3. The second kappa shape index (κ2) is 6.14. The Bertz CT molecular complexity index is 427. The first-order valence-corrected chi connectivity index (χ1v) is 7.33. The highest BCUT2D eigenvalue weighted by molar-refractivity contribution is 7.11. The zero-order chi connectivity index (χ0) is 13.0. The molecule has 0 bridgehead atoms. The Morgan fingerprint density at radius 1 is 1.72 bits per heavy atom. The first-order valence-electron chi connectivity index (χ1n) is 6.51. The molecule has 0 spiro atoms. The number of hydrogen-bond donors (Lipinski definition) is 0. The Labute approximate surface area is 113 Å². The molecule has 0 aliphatic carbocycles. The van der Waals surface area contributed by atoms with Gasteiger partial charge in [0.05, 0.1) is 5.01 Å². The van der Waals surface area contributed by atoms with Gasteiger partial charge >= 0.3 is 0 Å². The second-order valence-electron chi connectivity index (χ2n) is 4.82. The van der Waals surface area contributed by atoms with Crippen molar-refractivity contribution in [1.82, 2.24) is 9.88 Å². The van der Waals surface area contributed by atoms with E-state index in [0.29, 0.717) is 12.3 Å². The van der Waals surface area contributed by atoms with Crippen LogP contribution in [0.25, 0.3) is 0 Å². The van der Waals surface area contributed by atoms with Gasteiger partial charge in [0.2, 0.25) is 5.91 Å². The van der Waals surface area contributed by atoms with Gasteiger partial charge in [0, 0.05) is 36.5 Å². The fourth-order valence-corrected chi connectivity index (χ4v) is 3.25. The van der Waals surface area contributed by atoms with Crippen molar-refractivity contribution in [2.24, 2.45) is 0 Å². The van der Waals surface area contributed by atoms with Crippen LogP contribution in [0.2, 0.25) is 0 Å². The van der Waals surface area contributed by atoms with Gasteiger partial charge < -0.3 is 4.90 Å². The number of piperidine rings is 1. The number of aromatic nitrogens is 1. The summed E-state index contributed by atoms with van der Waals surface area (Å²) in [5, 5.41) is 1.19. The second-order valence-corrected chi connectivity index (χ2v) is 6.08. The summed E-state index contributed by atoms with van der Waals surface area (Å²) in [7, 11) is 0. The van der Waals surface area contributed by atoms with Gasteiger partial charge in [0.25, 0.3) is 0 Å². The van der Waals surface area contributed by atoms with E-state index in [-0.39, 0.29) is 5.91 Å². The molecule has 1 aliphatic rings. The van der Waals surface area contributed by atoms with Crippen LogP contribution in [-0.4, -0.2) is 28.9 Å². The summed E-state index contributed by atoms with van der Waals surface area (Å²) in [6.07, 6.45) is 7.34. The van der Waals surface area contributed by atoms with E-state index in [1.165, 1.54) is 9.88 Å². The number of thiazole rings is 1. The zero-order valence-corrected chi connectivity index (χ0v) is 11.7. The van der Waals surface area contributed by atoms with Crippen LogP contribution < -0.4 is 0 Å². The van der Waals surface area contributed by atoms with Gasteiger partial charge in [-0.05, 0) is 26.2 Å². The standard InChI is InChI=1S/C14H20N2OS/c1-3-4-7-13(17)16-8-5-6-12(10-16)14-15-9-11(2)18-14/h3,9,12H,1,4-8,10H2,2H3/t12-/m0/s1. The summed E-state index contributed by atoms with van der Waals surface area (Å²) in [5.74, 6) is 0.693. The summed E-state index contributed by atoms with van der Waals surface area (Å²) < 4.78 is 0. The van der Waals surface area contributed by atoms with E-state index in [2.05, 4.69) is 18.5 Å². The third kappa shape index (κ3) is 3.19. The molecule has 1 aliphatic heterocycles. The number of rotatable bonds is 4. The number of aryl methyl sites for hydroxylation is 1. The summed E-state index contributed by atoms with van der Waals surface area (Å²) in [6, 6.07) is 0. The molecule has 0 radical (unpaired) electrons. The molecule has 2 heterocycles. The summed E-state index contributed by atoms with van der Waals surface area (Å²) in [4.78, 5) is 19.7. The van der Waals surface area contributed by atoms with Gasteiger partial charge in [-0.25, -0.2) is 4.98 Å². The third-order valence-corrected chi connectivity index (χ3v) is 4.40. The Morgan fingerprint density at radius 3 is 3.22 bits per heavy atom. The third-order valence-electron chi connectivity index (χ3n) is 3.32. The molecule has 1 atom stereocenters. The number of carbonyl (C=O) groups is 1. The normalized spacial score (nSPS) is 19.8. The quantitative estimate of drug-likeness (QED) is 0.783.